The highest BCUT2D eigenvalue weighted by Gasteiger charge is 1.91. The second-order valence-electron chi connectivity index (χ2n) is 3.44. The third kappa shape index (κ3) is 6.32. The molecular formula is C12H21N. The molecule has 0 aliphatic rings. The molecule has 0 saturated carbocycles. The molecule has 0 spiro atoms. The lowest BCUT2D eigenvalue weighted by Gasteiger charge is -1.98. The molecule has 0 heterocycles. The molecule has 0 amide bonds. The Bertz CT molecular complexity index is 222. The predicted molar refractivity (Wildman–Crippen MR) is 61.2 cm³/mol. The monoisotopic (exact) mass is 179 g/mol. The molecule has 0 atom stereocenters. The molecule has 0 aromatic carbocycles. The number of nitrogens with zero attached hydrogens (tertiary/aromatic N) is 1. The summed E-state index contributed by atoms with van der Waals surface area (Å²) >= 11 is 0. The van der Waals surface area contributed by atoms with Crippen LogP contribution in [0.15, 0.2) is 28.4 Å². The number of hydrogen-bond donors (Lipinski definition) is 0. The van der Waals surface area contributed by atoms with Gasteiger partial charge in [-0.1, -0.05) is 25.5 Å². The van der Waals surface area contributed by atoms with E-state index in [2.05, 4.69) is 44.8 Å². The van der Waals surface area contributed by atoms with Crippen LogP contribution in [0.5, 0.6) is 0 Å². The zero-order chi connectivity index (χ0) is 10.3. The SMILES string of the molecule is CCC(CC)=N/C(C)=C\C=C(C)C. The van der Waals surface area contributed by atoms with E-state index in [0.717, 1.165) is 18.5 Å². The topological polar surface area (TPSA) is 12.4 Å². The van der Waals surface area contributed by atoms with Gasteiger partial charge >= 0.3 is 0 Å². The van der Waals surface area contributed by atoms with Crippen LogP contribution >= 0.6 is 0 Å². The average molecular weight is 179 g/mol. The van der Waals surface area contributed by atoms with E-state index in [1.54, 1.807) is 0 Å². The third-order valence-electron chi connectivity index (χ3n) is 1.81. The first-order valence-corrected chi connectivity index (χ1v) is 4.98. The van der Waals surface area contributed by atoms with Crippen molar-refractivity contribution in [1.82, 2.24) is 0 Å². The zero-order valence-corrected chi connectivity index (χ0v) is 9.52. The van der Waals surface area contributed by atoms with Gasteiger partial charge < -0.3 is 0 Å². The van der Waals surface area contributed by atoms with Gasteiger partial charge in [0.05, 0.1) is 0 Å². The molecule has 0 fully saturated rings. The molecule has 13 heavy (non-hydrogen) atoms. The van der Waals surface area contributed by atoms with Crippen molar-refractivity contribution in [2.75, 3.05) is 0 Å². The maximum Gasteiger partial charge on any atom is 0.0372 e. The van der Waals surface area contributed by atoms with Gasteiger partial charge in [0, 0.05) is 11.4 Å². The summed E-state index contributed by atoms with van der Waals surface area (Å²) in [6.07, 6.45) is 6.27. The van der Waals surface area contributed by atoms with Crippen LogP contribution in [0, 0.1) is 0 Å². The Kier molecular flexibility index (Phi) is 6.21. The van der Waals surface area contributed by atoms with E-state index in [1.165, 1.54) is 11.3 Å². The quantitative estimate of drug-likeness (QED) is 0.455. The summed E-state index contributed by atoms with van der Waals surface area (Å²) in [6, 6.07) is 0. The summed E-state index contributed by atoms with van der Waals surface area (Å²) in [7, 11) is 0. The van der Waals surface area contributed by atoms with Gasteiger partial charge in [-0.25, -0.2) is 0 Å². The molecule has 0 saturated heterocycles. The first kappa shape index (κ1) is 12.2. The van der Waals surface area contributed by atoms with E-state index >= 15 is 0 Å². The Morgan fingerprint density at radius 2 is 1.54 bits per heavy atom. The third-order valence-corrected chi connectivity index (χ3v) is 1.81. The van der Waals surface area contributed by atoms with Crippen LogP contribution in [0.2, 0.25) is 0 Å². The van der Waals surface area contributed by atoms with Gasteiger partial charge in [0.25, 0.3) is 0 Å². The van der Waals surface area contributed by atoms with Crippen molar-refractivity contribution >= 4 is 5.71 Å². The van der Waals surface area contributed by atoms with Gasteiger partial charge in [0.2, 0.25) is 0 Å². The van der Waals surface area contributed by atoms with E-state index < -0.39 is 0 Å². The fraction of sp³-hybridized carbons (Fsp3) is 0.583. The van der Waals surface area contributed by atoms with Gasteiger partial charge in [0.15, 0.2) is 0 Å². The van der Waals surface area contributed by atoms with Gasteiger partial charge in [-0.3, -0.25) is 4.99 Å². The molecule has 0 aliphatic heterocycles. The van der Waals surface area contributed by atoms with Gasteiger partial charge in [-0.2, -0.15) is 0 Å². The van der Waals surface area contributed by atoms with E-state index in [-0.39, 0.29) is 0 Å². The zero-order valence-electron chi connectivity index (χ0n) is 9.52. The highest BCUT2D eigenvalue weighted by atomic mass is 14.7. The van der Waals surface area contributed by atoms with Crippen LogP contribution in [0.1, 0.15) is 47.5 Å². The largest absolute Gasteiger partial charge is 0.263 e. The maximum atomic E-state index is 4.52. The molecule has 0 aromatic heterocycles. The second kappa shape index (κ2) is 6.64. The molecule has 0 aliphatic carbocycles. The van der Waals surface area contributed by atoms with Crippen molar-refractivity contribution in [3.63, 3.8) is 0 Å². The Morgan fingerprint density at radius 3 is 1.92 bits per heavy atom. The lowest BCUT2D eigenvalue weighted by Crippen LogP contribution is -1.92. The van der Waals surface area contributed by atoms with Gasteiger partial charge in [0.1, 0.15) is 0 Å². The van der Waals surface area contributed by atoms with E-state index in [1.807, 2.05) is 6.92 Å². The Hall–Kier alpha value is -0.850. The van der Waals surface area contributed by atoms with Gasteiger partial charge in [-0.15, -0.1) is 0 Å². The summed E-state index contributed by atoms with van der Waals surface area (Å²) in [5, 5.41) is 0. The molecule has 1 heteroatoms. The molecule has 0 rings (SSSR count). The molecule has 0 N–H and O–H groups in total. The minimum Gasteiger partial charge on any atom is -0.263 e. The van der Waals surface area contributed by atoms with Crippen LogP contribution in [-0.4, -0.2) is 5.71 Å². The lowest BCUT2D eigenvalue weighted by molar-refractivity contribution is 1.12. The summed E-state index contributed by atoms with van der Waals surface area (Å²) in [6.45, 7) is 10.5. The molecule has 0 radical (unpaired) electrons. The van der Waals surface area contributed by atoms with E-state index in [0.29, 0.717) is 0 Å². The maximum absolute atomic E-state index is 4.52. The highest BCUT2D eigenvalue weighted by molar-refractivity contribution is 5.84. The molecule has 1 nitrogen and oxygen atoms in total. The fourth-order valence-corrected chi connectivity index (χ4v) is 0.982. The van der Waals surface area contributed by atoms with Crippen molar-refractivity contribution in [2.24, 2.45) is 4.99 Å². The van der Waals surface area contributed by atoms with Crippen molar-refractivity contribution in [1.29, 1.82) is 0 Å². The van der Waals surface area contributed by atoms with Crippen LogP contribution in [0.3, 0.4) is 0 Å². The average Bonchev–Trinajstić information content (AvgIpc) is 2.10. The first-order valence-electron chi connectivity index (χ1n) is 4.98. The smallest absolute Gasteiger partial charge is 0.0372 e. The summed E-state index contributed by atoms with van der Waals surface area (Å²) in [5.74, 6) is 0. The number of aliphatic imine (C=N–C) groups is 1. The van der Waals surface area contributed by atoms with Crippen molar-refractivity contribution < 1.29 is 0 Å². The molecule has 74 valence electrons. The Morgan fingerprint density at radius 1 is 1.00 bits per heavy atom. The second-order valence-corrected chi connectivity index (χ2v) is 3.44. The molecular weight excluding hydrogens is 158 g/mol. The Labute approximate surface area is 82.3 Å². The van der Waals surface area contributed by atoms with Crippen LogP contribution in [0.4, 0.5) is 0 Å². The van der Waals surface area contributed by atoms with Crippen LogP contribution < -0.4 is 0 Å². The fourth-order valence-electron chi connectivity index (χ4n) is 0.982. The normalized spacial score (nSPS) is 11.0. The van der Waals surface area contributed by atoms with E-state index in [4.69, 9.17) is 0 Å². The van der Waals surface area contributed by atoms with Crippen molar-refractivity contribution in [3.8, 4) is 0 Å². The summed E-state index contributed by atoms with van der Waals surface area (Å²) in [4.78, 5) is 4.52. The summed E-state index contributed by atoms with van der Waals surface area (Å²) < 4.78 is 0. The molecule has 0 bridgehead atoms. The van der Waals surface area contributed by atoms with Crippen molar-refractivity contribution in [3.05, 3.63) is 23.4 Å². The van der Waals surface area contributed by atoms with Crippen LogP contribution in [0.25, 0.3) is 0 Å². The lowest BCUT2D eigenvalue weighted by atomic mass is 10.2. The first-order chi connectivity index (χ1) is 6.10. The highest BCUT2D eigenvalue weighted by Crippen LogP contribution is 2.02. The standard InChI is InChI=1S/C12H21N/c1-6-12(7-2)13-11(5)9-8-10(3)4/h8-9H,6-7H2,1-5H3/b11-9-. The number of allylic oxidation sites excluding steroid dienone is 4. The number of hydrogen-bond acceptors (Lipinski definition) is 1. The summed E-state index contributed by atoms with van der Waals surface area (Å²) in [5.41, 5.74) is 3.68. The predicted octanol–water partition coefficient (Wildman–Crippen LogP) is 4.12. The van der Waals surface area contributed by atoms with Crippen molar-refractivity contribution in [2.45, 2.75) is 47.5 Å². The number of rotatable bonds is 4. The molecule has 0 aromatic rings. The van der Waals surface area contributed by atoms with Gasteiger partial charge in [-0.05, 0) is 39.7 Å². The van der Waals surface area contributed by atoms with E-state index in [9.17, 15) is 0 Å². The minimum absolute atomic E-state index is 1.05. The minimum atomic E-state index is 1.05. The van der Waals surface area contributed by atoms with Crippen LogP contribution in [-0.2, 0) is 0 Å². The molecule has 0 unspecified atom stereocenters. The Balaban J connectivity index is 4.42.